The molecule has 3 aromatic rings. The Balaban J connectivity index is 1.80. The topological polar surface area (TPSA) is 59.8 Å². The highest BCUT2D eigenvalue weighted by atomic mass is 16.1. The molecule has 0 aliphatic heterocycles. The Morgan fingerprint density at radius 1 is 1.11 bits per heavy atom. The largest absolute Gasteiger partial charge is 0.351 e. The molecule has 3 rings (SSSR count). The van der Waals surface area contributed by atoms with Gasteiger partial charge in [0.15, 0.2) is 5.82 Å². The molecule has 5 heteroatoms. The number of hydrogen-bond acceptors (Lipinski definition) is 3. The molecule has 1 N–H and O–H groups in total. The second-order valence-electron chi connectivity index (χ2n) is 6.92. The van der Waals surface area contributed by atoms with E-state index in [1.807, 2.05) is 36.4 Å². The number of aromatic nitrogens is 3. The van der Waals surface area contributed by atoms with Gasteiger partial charge in [-0.25, -0.2) is 9.67 Å². The van der Waals surface area contributed by atoms with E-state index >= 15 is 0 Å². The molecule has 27 heavy (non-hydrogen) atoms. The van der Waals surface area contributed by atoms with Crippen LogP contribution in [0, 0.1) is 0 Å². The maximum atomic E-state index is 12.9. The van der Waals surface area contributed by atoms with Crippen molar-refractivity contribution in [1.82, 2.24) is 20.1 Å². The molecular weight excluding hydrogens is 336 g/mol. The number of hydrogen-bond donors (Lipinski definition) is 1. The predicted octanol–water partition coefficient (Wildman–Crippen LogP) is 4.31. The average molecular weight is 362 g/mol. The zero-order valence-electron chi connectivity index (χ0n) is 16.1. The summed E-state index contributed by atoms with van der Waals surface area (Å²) in [4.78, 5) is 17.2. The highest BCUT2D eigenvalue weighted by Gasteiger charge is 2.22. The van der Waals surface area contributed by atoms with Gasteiger partial charge < -0.3 is 5.32 Å². The molecule has 0 unspecified atom stereocenters. The van der Waals surface area contributed by atoms with Crippen LogP contribution >= 0.6 is 0 Å². The molecule has 5 nitrogen and oxygen atoms in total. The predicted molar refractivity (Wildman–Crippen MR) is 107 cm³/mol. The van der Waals surface area contributed by atoms with Gasteiger partial charge in [0.1, 0.15) is 0 Å². The average Bonchev–Trinajstić information content (AvgIpc) is 3.15. The van der Waals surface area contributed by atoms with Crippen molar-refractivity contribution in [2.24, 2.45) is 0 Å². The van der Waals surface area contributed by atoms with E-state index in [0.29, 0.717) is 18.0 Å². The Kier molecular flexibility index (Phi) is 6.01. The van der Waals surface area contributed by atoms with Crippen LogP contribution in [-0.2, 0) is 0 Å². The van der Waals surface area contributed by atoms with Crippen LogP contribution in [-0.4, -0.2) is 27.2 Å². The lowest BCUT2D eigenvalue weighted by molar-refractivity contribution is 0.0949. The van der Waals surface area contributed by atoms with Gasteiger partial charge >= 0.3 is 0 Å². The first kappa shape index (κ1) is 18.8. The standard InChI is InChI=1S/C22H26N4O/c1-4-17(18-10-6-5-7-11-18)14-24-22(27)19-15-25-26(21(19)16(2)3)20-12-8-9-13-23-20/h5-13,15-17H,4,14H2,1-3H3,(H,24,27)/t17-/m1/s1. The molecule has 0 radical (unpaired) electrons. The van der Waals surface area contributed by atoms with Crippen molar-refractivity contribution in [2.75, 3.05) is 6.54 Å². The van der Waals surface area contributed by atoms with Crippen LogP contribution in [0.1, 0.15) is 60.6 Å². The summed E-state index contributed by atoms with van der Waals surface area (Å²) in [6.45, 7) is 6.87. The number of nitrogens with zero attached hydrogens (tertiary/aromatic N) is 3. The third kappa shape index (κ3) is 4.25. The van der Waals surface area contributed by atoms with Gasteiger partial charge in [0.25, 0.3) is 5.91 Å². The number of carbonyl (C=O) groups excluding carboxylic acids is 1. The first-order valence-corrected chi connectivity index (χ1v) is 9.44. The molecule has 0 saturated carbocycles. The van der Waals surface area contributed by atoms with Gasteiger partial charge in [-0.2, -0.15) is 5.10 Å². The van der Waals surface area contributed by atoms with Gasteiger partial charge in [-0.15, -0.1) is 0 Å². The first-order valence-electron chi connectivity index (χ1n) is 9.44. The molecule has 0 aliphatic rings. The van der Waals surface area contributed by atoms with Gasteiger partial charge in [0, 0.05) is 18.7 Å². The second-order valence-corrected chi connectivity index (χ2v) is 6.92. The molecule has 1 amide bonds. The molecule has 0 saturated heterocycles. The third-order valence-electron chi connectivity index (χ3n) is 4.74. The van der Waals surface area contributed by atoms with Crippen LogP contribution < -0.4 is 5.32 Å². The molecule has 1 atom stereocenters. The summed E-state index contributed by atoms with van der Waals surface area (Å²) in [5, 5.41) is 7.52. The number of pyridine rings is 1. The Hall–Kier alpha value is -2.95. The number of nitrogens with one attached hydrogen (secondary N) is 1. The Bertz CT molecular complexity index is 872. The zero-order chi connectivity index (χ0) is 19.2. The smallest absolute Gasteiger partial charge is 0.254 e. The van der Waals surface area contributed by atoms with Crippen LogP contribution in [0.15, 0.2) is 60.9 Å². The van der Waals surface area contributed by atoms with Crippen LogP contribution in [0.2, 0.25) is 0 Å². The molecule has 0 fully saturated rings. The van der Waals surface area contributed by atoms with Crippen molar-refractivity contribution in [3.63, 3.8) is 0 Å². The van der Waals surface area contributed by atoms with E-state index in [1.54, 1.807) is 17.1 Å². The minimum absolute atomic E-state index is 0.0877. The molecule has 2 heterocycles. The van der Waals surface area contributed by atoms with E-state index in [0.717, 1.165) is 17.9 Å². The van der Waals surface area contributed by atoms with Crippen LogP contribution in [0.5, 0.6) is 0 Å². The fraction of sp³-hybridized carbons (Fsp3) is 0.318. The monoisotopic (exact) mass is 362 g/mol. The highest BCUT2D eigenvalue weighted by molar-refractivity contribution is 5.95. The normalized spacial score (nSPS) is 12.1. The van der Waals surface area contributed by atoms with Crippen molar-refractivity contribution in [1.29, 1.82) is 0 Å². The van der Waals surface area contributed by atoms with Gasteiger partial charge in [-0.3, -0.25) is 4.79 Å². The number of rotatable bonds is 7. The number of carbonyl (C=O) groups is 1. The van der Waals surface area contributed by atoms with Crippen molar-refractivity contribution in [3.8, 4) is 5.82 Å². The van der Waals surface area contributed by atoms with Gasteiger partial charge in [0.05, 0.1) is 17.5 Å². The molecular formula is C22H26N4O. The molecule has 140 valence electrons. The van der Waals surface area contributed by atoms with E-state index < -0.39 is 0 Å². The molecule has 0 spiro atoms. The van der Waals surface area contributed by atoms with E-state index in [-0.39, 0.29) is 11.8 Å². The van der Waals surface area contributed by atoms with Crippen molar-refractivity contribution in [3.05, 3.63) is 77.7 Å². The highest BCUT2D eigenvalue weighted by Crippen LogP contribution is 2.23. The summed E-state index contributed by atoms with van der Waals surface area (Å²) in [5.41, 5.74) is 2.73. The fourth-order valence-electron chi connectivity index (χ4n) is 3.28. The lowest BCUT2D eigenvalue weighted by atomic mass is 9.96. The van der Waals surface area contributed by atoms with E-state index in [9.17, 15) is 4.79 Å². The van der Waals surface area contributed by atoms with E-state index in [1.165, 1.54) is 5.56 Å². The van der Waals surface area contributed by atoms with Crippen LogP contribution in [0.25, 0.3) is 5.82 Å². The maximum absolute atomic E-state index is 12.9. The summed E-state index contributed by atoms with van der Waals surface area (Å²) >= 11 is 0. The zero-order valence-corrected chi connectivity index (χ0v) is 16.1. The van der Waals surface area contributed by atoms with E-state index in [4.69, 9.17) is 0 Å². The maximum Gasteiger partial charge on any atom is 0.254 e. The lowest BCUT2D eigenvalue weighted by Gasteiger charge is -2.17. The number of benzene rings is 1. The van der Waals surface area contributed by atoms with Gasteiger partial charge in [-0.05, 0) is 30.0 Å². The summed E-state index contributed by atoms with van der Waals surface area (Å²) in [7, 11) is 0. The molecule has 0 bridgehead atoms. The van der Waals surface area contributed by atoms with Crippen molar-refractivity contribution >= 4 is 5.91 Å². The third-order valence-corrected chi connectivity index (χ3v) is 4.74. The lowest BCUT2D eigenvalue weighted by Crippen LogP contribution is -2.29. The Labute approximate surface area is 160 Å². The molecule has 2 aromatic heterocycles. The fourth-order valence-corrected chi connectivity index (χ4v) is 3.28. The van der Waals surface area contributed by atoms with Crippen LogP contribution in [0.4, 0.5) is 0 Å². The second kappa shape index (κ2) is 8.62. The summed E-state index contributed by atoms with van der Waals surface area (Å²) in [6, 6.07) is 16.0. The SMILES string of the molecule is CC[C@H](CNC(=O)c1cnn(-c2ccccn2)c1C(C)C)c1ccccc1. The minimum atomic E-state index is -0.0877. The number of amides is 1. The quantitative estimate of drug-likeness (QED) is 0.681. The van der Waals surface area contributed by atoms with Gasteiger partial charge in [-0.1, -0.05) is 57.2 Å². The first-order chi connectivity index (χ1) is 13.1. The van der Waals surface area contributed by atoms with Gasteiger partial charge in [0.2, 0.25) is 0 Å². The molecule has 0 aliphatic carbocycles. The minimum Gasteiger partial charge on any atom is -0.351 e. The van der Waals surface area contributed by atoms with Crippen molar-refractivity contribution < 1.29 is 4.79 Å². The molecule has 1 aromatic carbocycles. The summed E-state index contributed by atoms with van der Waals surface area (Å²) in [5.74, 6) is 1.07. The summed E-state index contributed by atoms with van der Waals surface area (Å²) < 4.78 is 1.76. The summed E-state index contributed by atoms with van der Waals surface area (Å²) in [6.07, 6.45) is 4.34. The Morgan fingerprint density at radius 3 is 2.48 bits per heavy atom. The van der Waals surface area contributed by atoms with Crippen LogP contribution in [0.3, 0.4) is 0 Å². The van der Waals surface area contributed by atoms with Crippen molar-refractivity contribution in [2.45, 2.75) is 39.0 Å². The van der Waals surface area contributed by atoms with E-state index in [2.05, 4.69) is 48.3 Å². The Morgan fingerprint density at radius 2 is 1.85 bits per heavy atom.